The van der Waals surface area contributed by atoms with Gasteiger partial charge in [-0.3, -0.25) is 0 Å². The van der Waals surface area contributed by atoms with E-state index < -0.39 is 5.97 Å². The lowest BCUT2D eigenvalue weighted by atomic mass is 10.1. The Kier molecular flexibility index (Phi) is 4.41. The highest BCUT2D eigenvalue weighted by Gasteiger charge is 2.00. The van der Waals surface area contributed by atoms with Crippen LogP contribution in [0.4, 0.5) is 0 Å². The zero-order valence-corrected chi connectivity index (χ0v) is 8.48. The molecule has 0 saturated carbocycles. The van der Waals surface area contributed by atoms with E-state index in [1.165, 1.54) is 0 Å². The van der Waals surface area contributed by atoms with Crippen LogP contribution in [0.5, 0.6) is 5.75 Å². The smallest absolute Gasteiger partial charge is 0.330 e. The average Bonchev–Trinajstić information content (AvgIpc) is 2.26. The minimum atomic E-state index is -0.410. The van der Waals surface area contributed by atoms with Crippen LogP contribution in [-0.4, -0.2) is 17.7 Å². The van der Waals surface area contributed by atoms with Gasteiger partial charge in [0.2, 0.25) is 0 Å². The minimum absolute atomic E-state index is 0.285. The van der Waals surface area contributed by atoms with Gasteiger partial charge in [-0.2, -0.15) is 0 Å². The highest BCUT2D eigenvalue weighted by molar-refractivity contribution is 5.81. The van der Waals surface area contributed by atoms with Crippen molar-refractivity contribution < 1.29 is 14.6 Å². The number of benzene rings is 1. The van der Waals surface area contributed by atoms with Gasteiger partial charge in [-0.25, -0.2) is 4.79 Å². The molecule has 15 heavy (non-hydrogen) atoms. The first-order chi connectivity index (χ1) is 7.24. The van der Waals surface area contributed by atoms with E-state index in [1.54, 1.807) is 12.1 Å². The molecule has 0 saturated heterocycles. The van der Waals surface area contributed by atoms with Gasteiger partial charge in [0.05, 0.1) is 6.61 Å². The molecule has 0 atom stereocenters. The van der Waals surface area contributed by atoms with Gasteiger partial charge < -0.3 is 9.84 Å². The fourth-order valence-corrected chi connectivity index (χ4v) is 1.22. The molecule has 0 spiro atoms. The van der Waals surface area contributed by atoms with Crippen molar-refractivity contribution in [3.8, 4) is 5.75 Å². The van der Waals surface area contributed by atoms with Crippen molar-refractivity contribution in [2.24, 2.45) is 0 Å². The number of phenolic OH excluding ortho intramolecular Hbond substituents is 1. The molecule has 0 aromatic heterocycles. The maximum atomic E-state index is 10.7. The fourth-order valence-electron chi connectivity index (χ4n) is 1.22. The number of para-hydroxylation sites is 1. The predicted octanol–water partition coefficient (Wildman–Crippen LogP) is 2.05. The van der Waals surface area contributed by atoms with Crippen molar-refractivity contribution in [2.45, 2.75) is 12.8 Å². The van der Waals surface area contributed by atoms with E-state index in [1.807, 2.05) is 12.1 Å². The van der Waals surface area contributed by atoms with Gasteiger partial charge in [0.25, 0.3) is 0 Å². The lowest BCUT2D eigenvalue weighted by Crippen LogP contribution is -2.02. The molecule has 0 aliphatic carbocycles. The number of aryl methyl sites for hydroxylation is 1. The molecular formula is C12H14O3. The van der Waals surface area contributed by atoms with Crippen LogP contribution in [0.25, 0.3) is 0 Å². The lowest BCUT2D eigenvalue weighted by Gasteiger charge is -2.04. The standard InChI is InChI=1S/C12H14O3/c1-2-12(14)15-9-5-7-10-6-3-4-8-11(10)13/h2-4,6,8,13H,1,5,7,9H2. The monoisotopic (exact) mass is 206 g/mol. The van der Waals surface area contributed by atoms with Crippen LogP contribution in [0.3, 0.4) is 0 Å². The van der Waals surface area contributed by atoms with Gasteiger partial charge in [-0.05, 0) is 24.5 Å². The van der Waals surface area contributed by atoms with Gasteiger partial charge in [0.1, 0.15) is 5.75 Å². The maximum Gasteiger partial charge on any atom is 0.330 e. The molecule has 3 heteroatoms. The molecule has 0 amide bonds. The Morgan fingerprint density at radius 3 is 2.87 bits per heavy atom. The van der Waals surface area contributed by atoms with Gasteiger partial charge in [-0.1, -0.05) is 24.8 Å². The molecule has 0 bridgehead atoms. The third kappa shape index (κ3) is 3.85. The topological polar surface area (TPSA) is 46.5 Å². The molecule has 0 radical (unpaired) electrons. The van der Waals surface area contributed by atoms with E-state index in [-0.39, 0.29) is 5.75 Å². The molecule has 1 aromatic carbocycles. The molecule has 0 heterocycles. The molecular weight excluding hydrogens is 192 g/mol. The second-order valence-electron chi connectivity index (χ2n) is 3.10. The first-order valence-electron chi connectivity index (χ1n) is 4.80. The van der Waals surface area contributed by atoms with Crippen LogP contribution in [0.1, 0.15) is 12.0 Å². The zero-order chi connectivity index (χ0) is 11.1. The summed E-state index contributed by atoms with van der Waals surface area (Å²) in [5.74, 6) is -0.125. The molecule has 1 rings (SSSR count). The molecule has 0 aliphatic rings. The predicted molar refractivity (Wildman–Crippen MR) is 57.6 cm³/mol. The Morgan fingerprint density at radius 1 is 1.47 bits per heavy atom. The van der Waals surface area contributed by atoms with E-state index in [0.29, 0.717) is 19.4 Å². The number of ether oxygens (including phenoxy) is 1. The number of hydrogen-bond donors (Lipinski definition) is 1. The first-order valence-corrected chi connectivity index (χ1v) is 4.80. The van der Waals surface area contributed by atoms with Crippen molar-refractivity contribution in [1.82, 2.24) is 0 Å². The van der Waals surface area contributed by atoms with E-state index in [4.69, 9.17) is 4.74 Å². The molecule has 3 nitrogen and oxygen atoms in total. The third-order valence-electron chi connectivity index (χ3n) is 1.99. The number of rotatable bonds is 5. The van der Waals surface area contributed by atoms with E-state index >= 15 is 0 Å². The Bertz CT molecular complexity index is 344. The summed E-state index contributed by atoms with van der Waals surface area (Å²) in [6, 6.07) is 7.14. The largest absolute Gasteiger partial charge is 0.508 e. The van der Waals surface area contributed by atoms with Crippen LogP contribution in [0, 0.1) is 0 Å². The Morgan fingerprint density at radius 2 is 2.20 bits per heavy atom. The highest BCUT2D eigenvalue weighted by Crippen LogP contribution is 2.16. The summed E-state index contributed by atoms with van der Waals surface area (Å²) in [5.41, 5.74) is 0.868. The summed E-state index contributed by atoms with van der Waals surface area (Å²) in [6.45, 7) is 3.64. The SMILES string of the molecule is C=CC(=O)OCCCc1ccccc1O. The lowest BCUT2D eigenvalue weighted by molar-refractivity contribution is -0.137. The Balaban J connectivity index is 2.29. The number of hydrogen-bond acceptors (Lipinski definition) is 3. The number of esters is 1. The van der Waals surface area contributed by atoms with Crippen molar-refractivity contribution in [3.05, 3.63) is 42.5 Å². The third-order valence-corrected chi connectivity index (χ3v) is 1.99. The average molecular weight is 206 g/mol. The van der Waals surface area contributed by atoms with Gasteiger partial charge in [0.15, 0.2) is 0 Å². The van der Waals surface area contributed by atoms with Gasteiger partial charge >= 0.3 is 5.97 Å². The van der Waals surface area contributed by atoms with Crippen molar-refractivity contribution in [1.29, 1.82) is 0 Å². The van der Waals surface area contributed by atoms with E-state index in [9.17, 15) is 9.90 Å². The Labute approximate surface area is 89.0 Å². The minimum Gasteiger partial charge on any atom is -0.508 e. The second kappa shape index (κ2) is 5.86. The zero-order valence-electron chi connectivity index (χ0n) is 8.48. The Hall–Kier alpha value is -1.77. The molecule has 0 unspecified atom stereocenters. The number of carbonyl (C=O) groups is 1. The number of phenols is 1. The summed E-state index contributed by atoms with van der Waals surface area (Å²) in [7, 11) is 0. The number of carbonyl (C=O) groups excluding carboxylic acids is 1. The normalized spacial score (nSPS) is 9.60. The summed E-state index contributed by atoms with van der Waals surface area (Å²) >= 11 is 0. The molecule has 0 fully saturated rings. The van der Waals surface area contributed by atoms with Gasteiger partial charge in [-0.15, -0.1) is 0 Å². The van der Waals surface area contributed by atoms with Crippen LogP contribution in [0.15, 0.2) is 36.9 Å². The number of aromatic hydroxyl groups is 1. The van der Waals surface area contributed by atoms with Crippen LogP contribution < -0.4 is 0 Å². The first kappa shape index (κ1) is 11.3. The maximum absolute atomic E-state index is 10.7. The van der Waals surface area contributed by atoms with E-state index in [2.05, 4.69) is 6.58 Å². The summed E-state index contributed by atoms with van der Waals surface area (Å²) in [5, 5.41) is 9.44. The molecule has 0 aliphatic heterocycles. The van der Waals surface area contributed by atoms with Crippen molar-refractivity contribution in [3.63, 3.8) is 0 Å². The van der Waals surface area contributed by atoms with Crippen LogP contribution in [-0.2, 0) is 16.0 Å². The molecule has 80 valence electrons. The second-order valence-corrected chi connectivity index (χ2v) is 3.10. The van der Waals surface area contributed by atoms with Crippen LogP contribution in [0.2, 0.25) is 0 Å². The van der Waals surface area contributed by atoms with Gasteiger partial charge in [0, 0.05) is 6.08 Å². The van der Waals surface area contributed by atoms with E-state index in [0.717, 1.165) is 11.6 Å². The molecule has 1 N–H and O–H groups in total. The fraction of sp³-hybridized carbons (Fsp3) is 0.250. The quantitative estimate of drug-likeness (QED) is 0.455. The van der Waals surface area contributed by atoms with Crippen molar-refractivity contribution in [2.75, 3.05) is 6.61 Å². The summed E-state index contributed by atoms with van der Waals surface area (Å²) in [6.07, 6.45) is 2.52. The molecule has 1 aromatic rings. The van der Waals surface area contributed by atoms with Crippen molar-refractivity contribution >= 4 is 5.97 Å². The summed E-state index contributed by atoms with van der Waals surface area (Å²) < 4.78 is 4.81. The highest BCUT2D eigenvalue weighted by atomic mass is 16.5. The van der Waals surface area contributed by atoms with Crippen LogP contribution >= 0.6 is 0 Å². The summed E-state index contributed by atoms with van der Waals surface area (Å²) in [4.78, 5) is 10.7.